The molecule has 11 nitrogen and oxygen atoms in total. The number of hydrogen-bond donors (Lipinski definition) is 3. The molecule has 0 spiro atoms. The third kappa shape index (κ3) is 4.87. The molecule has 2 heterocycles. The molecule has 162 valence electrons. The molecule has 0 saturated heterocycles. The van der Waals surface area contributed by atoms with Crippen molar-refractivity contribution in [1.29, 1.82) is 0 Å². The summed E-state index contributed by atoms with van der Waals surface area (Å²) in [6.45, 7) is 0. The molecule has 1 amide bonds. The Kier molecular flexibility index (Phi) is 6.33. The zero-order valence-electron chi connectivity index (χ0n) is 16.2. The Morgan fingerprint density at radius 1 is 1.28 bits per heavy atom. The van der Waals surface area contributed by atoms with Crippen LogP contribution in [-0.4, -0.2) is 42.5 Å². The Balaban J connectivity index is 1.57. The van der Waals surface area contributed by atoms with Crippen LogP contribution in [0.1, 0.15) is 21.7 Å². The molecule has 13 heteroatoms. The highest BCUT2D eigenvalue weighted by molar-refractivity contribution is 7.98. The van der Waals surface area contributed by atoms with Gasteiger partial charge in [0.05, 0.1) is 11.9 Å². The van der Waals surface area contributed by atoms with Gasteiger partial charge in [0.15, 0.2) is 5.69 Å². The number of amides is 1. The minimum atomic E-state index is -0.589. The summed E-state index contributed by atoms with van der Waals surface area (Å²) in [6, 6.07) is 13.7. The van der Waals surface area contributed by atoms with Crippen molar-refractivity contribution in [3.05, 3.63) is 70.5 Å². The molecule has 0 aliphatic carbocycles. The molecule has 0 bridgehead atoms. The number of nitrogen functional groups attached to an aromatic ring is 1. The van der Waals surface area contributed by atoms with Gasteiger partial charge in [-0.1, -0.05) is 28.9 Å². The molecule has 0 aliphatic heterocycles. The molecule has 0 atom stereocenters. The maximum atomic E-state index is 12.7. The number of halogens is 1. The molecule has 0 aliphatic rings. The van der Waals surface area contributed by atoms with Crippen molar-refractivity contribution in [2.45, 2.75) is 10.6 Å². The highest BCUT2D eigenvalue weighted by Crippen LogP contribution is 2.27. The van der Waals surface area contributed by atoms with Gasteiger partial charge < -0.3 is 10.8 Å². The van der Waals surface area contributed by atoms with Gasteiger partial charge in [0.2, 0.25) is 11.6 Å². The Morgan fingerprint density at radius 2 is 2.09 bits per heavy atom. The van der Waals surface area contributed by atoms with Crippen molar-refractivity contribution >= 4 is 41.3 Å². The van der Waals surface area contributed by atoms with E-state index < -0.39 is 5.91 Å². The molecular formula is C19H15ClN8O3S. The van der Waals surface area contributed by atoms with Crippen molar-refractivity contribution in [2.75, 3.05) is 5.73 Å². The first-order valence-electron chi connectivity index (χ1n) is 9.05. The largest absolute Gasteiger partial charge is 0.508 e. The van der Waals surface area contributed by atoms with Crippen LogP contribution < -0.4 is 11.2 Å². The number of hydrogen-bond acceptors (Lipinski definition) is 10. The van der Waals surface area contributed by atoms with Gasteiger partial charge >= 0.3 is 0 Å². The van der Waals surface area contributed by atoms with Crippen LogP contribution in [0.2, 0.25) is 5.02 Å². The number of aromatic hydroxyl groups is 1. The first kappa shape index (κ1) is 21.3. The molecular weight excluding hydrogens is 456 g/mol. The van der Waals surface area contributed by atoms with E-state index in [-0.39, 0.29) is 23.1 Å². The third-order valence-electron chi connectivity index (χ3n) is 4.11. The average molecular weight is 471 g/mol. The van der Waals surface area contributed by atoms with E-state index in [0.29, 0.717) is 22.0 Å². The van der Waals surface area contributed by atoms with Gasteiger partial charge in [-0.05, 0) is 52.3 Å². The lowest BCUT2D eigenvalue weighted by atomic mass is 10.2. The number of nitrogens with one attached hydrogen (secondary N) is 1. The number of phenolic OH excluding ortho intramolecular Hbond substituents is 1. The van der Waals surface area contributed by atoms with Crippen LogP contribution in [0.4, 0.5) is 5.82 Å². The molecule has 4 aromatic rings. The molecule has 0 fully saturated rings. The van der Waals surface area contributed by atoms with Crippen LogP contribution in [0, 0.1) is 0 Å². The summed E-state index contributed by atoms with van der Waals surface area (Å²) in [5.41, 5.74) is 9.24. The lowest BCUT2D eigenvalue weighted by molar-refractivity contribution is 0.0949. The van der Waals surface area contributed by atoms with Crippen molar-refractivity contribution in [1.82, 2.24) is 30.7 Å². The number of phenols is 1. The molecule has 4 rings (SSSR count). The highest BCUT2D eigenvalue weighted by atomic mass is 35.5. The number of thioether (sulfide) groups is 1. The Bertz CT molecular complexity index is 1270. The van der Waals surface area contributed by atoms with Crippen LogP contribution in [-0.2, 0) is 5.75 Å². The minimum Gasteiger partial charge on any atom is -0.508 e. The summed E-state index contributed by atoms with van der Waals surface area (Å²) < 4.78 is 5.94. The highest BCUT2D eigenvalue weighted by Gasteiger charge is 2.24. The molecule has 2 aromatic heterocycles. The zero-order chi connectivity index (χ0) is 22.5. The van der Waals surface area contributed by atoms with Crippen LogP contribution in [0.25, 0.3) is 5.82 Å². The molecule has 32 heavy (non-hydrogen) atoms. The summed E-state index contributed by atoms with van der Waals surface area (Å²) in [5, 5.41) is 29.3. The smallest absolute Gasteiger partial charge is 0.293 e. The van der Waals surface area contributed by atoms with E-state index in [2.05, 4.69) is 35.8 Å². The second kappa shape index (κ2) is 9.49. The summed E-state index contributed by atoms with van der Waals surface area (Å²) in [7, 11) is 0. The molecule has 0 unspecified atom stereocenters. The first-order valence-corrected chi connectivity index (χ1v) is 10.4. The maximum Gasteiger partial charge on any atom is 0.293 e. The monoisotopic (exact) mass is 470 g/mol. The Hall–Kier alpha value is -3.90. The SMILES string of the molecule is Nc1nonc1-n1nnc(C(=O)N/N=C/c2cccc(O)c2)c1CSc1ccc(Cl)cc1. The van der Waals surface area contributed by atoms with Gasteiger partial charge in [0, 0.05) is 15.7 Å². The van der Waals surface area contributed by atoms with Crippen molar-refractivity contribution < 1.29 is 14.5 Å². The van der Waals surface area contributed by atoms with E-state index in [1.165, 1.54) is 34.8 Å². The van der Waals surface area contributed by atoms with E-state index >= 15 is 0 Å². The predicted octanol–water partition coefficient (Wildman–Crippen LogP) is 2.65. The number of benzene rings is 2. The molecule has 2 aromatic carbocycles. The van der Waals surface area contributed by atoms with Crippen LogP contribution in [0.15, 0.2) is 63.2 Å². The van der Waals surface area contributed by atoms with Gasteiger partial charge in [-0.2, -0.15) is 9.78 Å². The fraction of sp³-hybridized carbons (Fsp3) is 0.0526. The lowest BCUT2D eigenvalue weighted by Gasteiger charge is -2.06. The van der Waals surface area contributed by atoms with E-state index in [9.17, 15) is 9.90 Å². The summed E-state index contributed by atoms with van der Waals surface area (Å²) in [5.74, 6) is -0.0779. The van der Waals surface area contributed by atoms with Gasteiger partial charge in [0.1, 0.15) is 5.75 Å². The first-order chi connectivity index (χ1) is 15.5. The number of anilines is 1. The quantitative estimate of drug-likeness (QED) is 0.210. The zero-order valence-corrected chi connectivity index (χ0v) is 17.8. The van der Waals surface area contributed by atoms with Crippen LogP contribution in [0.5, 0.6) is 5.75 Å². The molecule has 0 saturated carbocycles. The third-order valence-corrected chi connectivity index (χ3v) is 5.39. The normalized spacial score (nSPS) is 11.2. The van der Waals surface area contributed by atoms with Gasteiger partial charge in [-0.15, -0.1) is 16.9 Å². The summed E-state index contributed by atoms with van der Waals surface area (Å²) in [4.78, 5) is 13.7. The number of carbonyl (C=O) groups excluding carboxylic acids is 1. The predicted molar refractivity (Wildman–Crippen MR) is 118 cm³/mol. The van der Waals surface area contributed by atoms with Gasteiger partial charge in [-0.3, -0.25) is 4.79 Å². The van der Waals surface area contributed by atoms with E-state index in [0.717, 1.165) is 4.90 Å². The topological polar surface area (TPSA) is 157 Å². The van der Waals surface area contributed by atoms with Gasteiger partial charge in [0.25, 0.3) is 5.91 Å². The van der Waals surface area contributed by atoms with E-state index in [4.69, 9.17) is 17.3 Å². The second-order valence-electron chi connectivity index (χ2n) is 6.31. The van der Waals surface area contributed by atoms with Crippen LogP contribution in [0.3, 0.4) is 0 Å². The number of nitrogens with zero attached hydrogens (tertiary/aromatic N) is 6. The fourth-order valence-electron chi connectivity index (χ4n) is 2.62. The van der Waals surface area contributed by atoms with Gasteiger partial charge in [-0.25, -0.2) is 10.1 Å². The van der Waals surface area contributed by atoms with Crippen LogP contribution >= 0.6 is 23.4 Å². The van der Waals surface area contributed by atoms with E-state index in [1.807, 2.05) is 12.1 Å². The van der Waals surface area contributed by atoms with Crippen molar-refractivity contribution in [3.8, 4) is 11.6 Å². The Labute approximate surface area is 190 Å². The number of nitrogens with two attached hydrogens (primary N) is 1. The number of aromatic nitrogens is 5. The number of rotatable bonds is 7. The Morgan fingerprint density at radius 3 is 2.81 bits per heavy atom. The number of hydrazone groups is 1. The maximum absolute atomic E-state index is 12.7. The second-order valence-corrected chi connectivity index (χ2v) is 7.79. The number of carbonyl (C=O) groups is 1. The molecule has 0 radical (unpaired) electrons. The fourth-order valence-corrected chi connectivity index (χ4v) is 3.64. The lowest BCUT2D eigenvalue weighted by Crippen LogP contribution is -2.20. The average Bonchev–Trinajstić information content (AvgIpc) is 3.39. The van der Waals surface area contributed by atoms with E-state index in [1.54, 1.807) is 24.3 Å². The summed E-state index contributed by atoms with van der Waals surface area (Å²) >= 11 is 7.37. The summed E-state index contributed by atoms with van der Waals surface area (Å²) in [6.07, 6.45) is 1.39. The molecule has 4 N–H and O–H groups in total. The standard InChI is InChI=1S/C19H15ClN8O3S/c20-12-4-6-14(7-5-12)32-10-15-16(23-27-28(15)18-17(21)25-31-26-18)19(30)24-22-9-11-2-1-3-13(29)8-11/h1-9,29H,10H2,(H2,21,25)(H,24,30)/b22-9+. The van der Waals surface area contributed by atoms with Crippen molar-refractivity contribution in [3.63, 3.8) is 0 Å². The minimum absolute atomic E-state index is 0.00140. The van der Waals surface area contributed by atoms with Crippen molar-refractivity contribution in [2.24, 2.45) is 5.10 Å².